The second-order valence-electron chi connectivity index (χ2n) is 4.28. The standard InChI is InChI=1S/C14H16N2O3/c1-8-5-10(18-3)7-12(19-4)13(8)11-6-9(2)15-14(17)16-11/h5-7H,1-4H3,(H,15,16,17). The molecule has 1 aromatic carbocycles. The maximum absolute atomic E-state index is 11.5. The number of hydrogen-bond acceptors (Lipinski definition) is 4. The van der Waals surface area contributed by atoms with Crippen LogP contribution in [-0.2, 0) is 0 Å². The van der Waals surface area contributed by atoms with Crippen molar-refractivity contribution in [3.05, 3.63) is 39.9 Å². The smallest absolute Gasteiger partial charge is 0.345 e. The second kappa shape index (κ2) is 5.14. The molecule has 2 rings (SSSR count). The maximum atomic E-state index is 11.5. The Kier molecular flexibility index (Phi) is 3.55. The van der Waals surface area contributed by atoms with Crippen LogP contribution in [0.2, 0.25) is 0 Å². The van der Waals surface area contributed by atoms with Crippen LogP contribution < -0.4 is 15.2 Å². The Labute approximate surface area is 111 Å². The van der Waals surface area contributed by atoms with Gasteiger partial charge in [0.25, 0.3) is 0 Å². The van der Waals surface area contributed by atoms with E-state index in [1.165, 1.54) is 0 Å². The van der Waals surface area contributed by atoms with Crippen LogP contribution in [0.1, 0.15) is 11.3 Å². The highest BCUT2D eigenvalue weighted by Gasteiger charge is 2.13. The predicted molar refractivity (Wildman–Crippen MR) is 72.9 cm³/mol. The van der Waals surface area contributed by atoms with Gasteiger partial charge in [-0.2, -0.15) is 4.98 Å². The Morgan fingerprint density at radius 2 is 1.84 bits per heavy atom. The third-order valence-electron chi connectivity index (χ3n) is 2.86. The molecule has 5 nitrogen and oxygen atoms in total. The fraction of sp³-hybridized carbons (Fsp3) is 0.286. The maximum Gasteiger partial charge on any atom is 0.345 e. The van der Waals surface area contributed by atoms with Crippen molar-refractivity contribution in [1.29, 1.82) is 0 Å². The van der Waals surface area contributed by atoms with Crippen LogP contribution in [0.25, 0.3) is 11.3 Å². The number of ether oxygens (including phenoxy) is 2. The number of aromatic amines is 1. The van der Waals surface area contributed by atoms with Crippen LogP contribution in [-0.4, -0.2) is 24.2 Å². The van der Waals surface area contributed by atoms with Gasteiger partial charge in [0, 0.05) is 17.3 Å². The van der Waals surface area contributed by atoms with Crippen LogP contribution in [0, 0.1) is 13.8 Å². The number of nitrogens with one attached hydrogen (secondary N) is 1. The first kappa shape index (κ1) is 13.1. The summed E-state index contributed by atoms with van der Waals surface area (Å²) >= 11 is 0. The summed E-state index contributed by atoms with van der Waals surface area (Å²) in [5, 5.41) is 0. The molecule has 19 heavy (non-hydrogen) atoms. The van der Waals surface area contributed by atoms with E-state index < -0.39 is 0 Å². The normalized spacial score (nSPS) is 10.3. The van der Waals surface area contributed by atoms with Gasteiger partial charge in [0.15, 0.2) is 0 Å². The zero-order valence-corrected chi connectivity index (χ0v) is 11.4. The lowest BCUT2D eigenvalue weighted by atomic mass is 10.0. The number of H-pyrrole nitrogens is 1. The van der Waals surface area contributed by atoms with Crippen molar-refractivity contribution in [2.75, 3.05) is 14.2 Å². The van der Waals surface area contributed by atoms with Crippen molar-refractivity contribution in [2.45, 2.75) is 13.8 Å². The van der Waals surface area contributed by atoms with E-state index in [1.54, 1.807) is 20.3 Å². The van der Waals surface area contributed by atoms with Gasteiger partial charge in [-0.1, -0.05) is 0 Å². The van der Waals surface area contributed by atoms with Gasteiger partial charge in [0.05, 0.1) is 19.9 Å². The second-order valence-corrected chi connectivity index (χ2v) is 4.28. The summed E-state index contributed by atoms with van der Waals surface area (Å²) in [4.78, 5) is 18.1. The molecule has 0 spiro atoms. The number of benzene rings is 1. The van der Waals surface area contributed by atoms with Crippen molar-refractivity contribution in [3.8, 4) is 22.8 Å². The highest BCUT2D eigenvalue weighted by atomic mass is 16.5. The number of hydrogen-bond donors (Lipinski definition) is 1. The largest absolute Gasteiger partial charge is 0.497 e. The number of rotatable bonds is 3. The zero-order chi connectivity index (χ0) is 14.0. The van der Waals surface area contributed by atoms with Gasteiger partial charge in [-0.05, 0) is 31.5 Å². The van der Waals surface area contributed by atoms with Gasteiger partial charge in [-0.3, -0.25) is 0 Å². The summed E-state index contributed by atoms with van der Waals surface area (Å²) in [5.74, 6) is 1.34. The zero-order valence-electron chi connectivity index (χ0n) is 11.4. The average molecular weight is 260 g/mol. The summed E-state index contributed by atoms with van der Waals surface area (Å²) in [5.41, 5.74) is 2.73. The van der Waals surface area contributed by atoms with Gasteiger partial charge >= 0.3 is 5.69 Å². The van der Waals surface area contributed by atoms with E-state index in [1.807, 2.05) is 26.0 Å². The number of nitrogens with zero attached hydrogens (tertiary/aromatic N) is 1. The molecule has 1 N–H and O–H groups in total. The quantitative estimate of drug-likeness (QED) is 0.917. The van der Waals surface area contributed by atoms with E-state index in [0.717, 1.165) is 16.8 Å². The van der Waals surface area contributed by atoms with Gasteiger partial charge in [0.2, 0.25) is 0 Å². The molecule has 0 aliphatic carbocycles. The molecule has 0 radical (unpaired) electrons. The summed E-state index contributed by atoms with van der Waals surface area (Å²) in [6, 6.07) is 5.48. The Bertz CT molecular complexity index is 662. The van der Waals surface area contributed by atoms with Crippen LogP contribution in [0.3, 0.4) is 0 Å². The molecular weight excluding hydrogens is 244 g/mol. The topological polar surface area (TPSA) is 64.2 Å². The summed E-state index contributed by atoms with van der Waals surface area (Å²) in [6.07, 6.45) is 0. The van der Waals surface area contributed by atoms with Crippen molar-refractivity contribution in [1.82, 2.24) is 9.97 Å². The van der Waals surface area contributed by atoms with Gasteiger partial charge < -0.3 is 14.5 Å². The molecule has 0 aliphatic rings. The molecule has 0 saturated carbocycles. The molecule has 0 aliphatic heterocycles. The molecule has 1 aromatic heterocycles. The average Bonchev–Trinajstić information content (AvgIpc) is 2.36. The first-order chi connectivity index (χ1) is 9.05. The predicted octanol–water partition coefficient (Wildman–Crippen LogP) is 2.07. The summed E-state index contributed by atoms with van der Waals surface area (Å²) < 4.78 is 10.6. The molecule has 0 unspecified atom stereocenters. The van der Waals surface area contributed by atoms with Crippen molar-refractivity contribution < 1.29 is 9.47 Å². The van der Waals surface area contributed by atoms with Crippen LogP contribution >= 0.6 is 0 Å². The van der Waals surface area contributed by atoms with E-state index in [9.17, 15) is 4.79 Å². The van der Waals surface area contributed by atoms with E-state index in [0.29, 0.717) is 17.2 Å². The molecular formula is C14H16N2O3. The highest BCUT2D eigenvalue weighted by molar-refractivity contribution is 5.72. The van der Waals surface area contributed by atoms with Crippen molar-refractivity contribution >= 4 is 0 Å². The minimum absolute atomic E-state index is 0.368. The Hall–Kier alpha value is -2.30. The minimum atomic E-state index is -0.368. The molecule has 0 fully saturated rings. The van der Waals surface area contributed by atoms with E-state index >= 15 is 0 Å². The first-order valence-corrected chi connectivity index (χ1v) is 5.86. The third-order valence-corrected chi connectivity index (χ3v) is 2.86. The summed E-state index contributed by atoms with van der Waals surface area (Å²) in [7, 11) is 3.18. The number of aromatic nitrogens is 2. The van der Waals surface area contributed by atoms with E-state index in [-0.39, 0.29) is 5.69 Å². The van der Waals surface area contributed by atoms with Crippen LogP contribution in [0.4, 0.5) is 0 Å². The lowest BCUT2D eigenvalue weighted by Crippen LogP contribution is -2.12. The summed E-state index contributed by atoms with van der Waals surface area (Å²) in [6.45, 7) is 3.75. The minimum Gasteiger partial charge on any atom is -0.497 e. The number of methoxy groups -OCH3 is 2. The lowest BCUT2D eigenvalue weighted by Gasteiger charge is -2.13. The van der Waals surface area contributed by atoms with E-state index in [2.05, 4.69) is 9.97 Å². The fourth-order valence-corrected chi connectivity index (χ4v) is 2.04. The van der Waals surface area contributed by atoms with Gasteiger partial charge in [0.1, 0.15) is 11.5 Å². The third kappa shape index (κ3) is 2.59. The highest BCUT2D eigenvalue weighted by Crippen LogP contribution is 2.35. The van der Waals surface area contributed by atoms with Crippen molar-refractivity contribution in [2.24, 2.45) is 0 Å². The fourth-order valence-electron chi connectivity index (χ4n) is 2.04. The van der Waals surface area contributed by atoms with Gasteiger partial charge in [-0.15, -0.1) is 0 Å². The van der Waals surface area contributed by atoms with Crippen molar-refractivity contribution in [3.63, 3.8) is 0 Å². The molecule has 0 saturated heterocycles. The monoisotopic (exact) mass is 260 g/mol. The Morgan fingerprint density at radius 3 is 2.42 bits per heavy atom. The molecule has 0 amide bonds. The SMILES string of the molecule is COc1cc(C)c(-c2cc(C)[nH]c(=O)n2)c(OC)c1. The first-order valence-electron chi connectivity index (χ1n) is 5.86. The van der Waals surface area contributed by atoms with E-state index in [4.69, 9.17) is 9.47 Å². The number of aryl methyl sites for hydroxylation is 2. The molecule has 5 heteroatoms. The molecule has 0 bridgehead atoms. The molecule has 1 heterocycles. The Balaban J connectivity index is 2.70. The Morgan fingerprint density at radius 1 is 1.11 bits per heavy atom. The van der Waals surface area contributed by atoms with Crippen LogP contribution in [0.15, 0.2) is 23.0 Å². The van der Waals surface area contributed by atoms with Gasteiger partial charge in [-0.25, -0.2) is 4.79 Å². The molecule has 100 valence electrons. The molecule has 2 aromatic rings. The molecule has 0 atom stereocenters. The lowest BCUT2D eigenvalue weighted by molar-refractivity contribution is 0.395. The van der Waals surface area contributed by atoms with Crippen LogP contribution in [0.5, 0.6) is 11.5 Å².